The predicted octanol–water partition coefficient (Wildman–Crippen LogP) is 6.33. The predicted molar refractivity (Wildman–Crippen MR) is 173 cm³/mol. The van der Waals surface area contributed by atoms with Gasteiger partial charge < -0.3 is 29.9 Å². The molecule has 0 aromatic heterocycles. The number of Topliss-reactive ketones (excluding diaryl/α,β-unsaturated/α-hetero) is 1. The molecule has 8 nitrogen and oxygen atoms in total. The highest BCUT2D eigenvalue weighted by atomic mass is 16.5. The van der Waals surface area contributed by atoms with Crippen molar-refractivity contribution in [3.05, 3.63) is 12.2 Å². The molecule has 10 unspecified atom stereocenters. The van der Waals surface area contributed by atoms with Crippen LogP contribution in [0.25, 0.3) is 0 Å². The van der Waals surface area contributed by atoms with Crippen molar-refractivity contribution in [2.24, 2.45) is 35.5 Å². The first kappa shape index (κ1) is 38.9. The fraction of sp³-hybridized carbons (Fsp3) is 0.889. The van der Waals surface area contributed by atoms with E-state index < -0.39 is 24.3 Å². The number of ketones is 1. The Morgan fingerprint density at radius 2 is 1.68 bits per heavy atom. The molecule has 4 N–H and O–H groups in total. The molecule has 0 aromatic carbocycles. The first-order valence-electron chi connectivity index (χ1n) is 17.6. The van der Waals surface area contributed by atoms with E-state index in [0.29, 0.717) is 37.6 Å². The van der Waals surface area contributed by atoms with Gasteiger partial charge in [-0.15, -0.1) is 0 Å². The van der Waals surface area contributed by atoms with Gasteiger partial charge in [-0.1, -0.05) is 53.7 Å². The molecule has 0 spiro atoms. The Kier molecular flexibility index (Phi) is 17.7. The average molecular weight is 625 g/mol. The Balaban J connectivity index is 1.75. The number of aliphatic carboxylic acids is 1. The summed E-state index contributed by atoms with van der Waals surface area (Å²) < 4.78 is 11.8. The van der Waals surface area contributed by atoms with Gasteiger partial charge in [0.25, 0.3) is 0 Å². The third kappa shape index (κ3) is 13.6. The quantitative estimate of drug-likeness (QED) is 0.115. The summed E-state index contributed by atoms with van der Waals surface area (Å²) in [5.74, 6) is 0.165. The number of rotatable bonds is 20. The second-order valence-corrected chi connectivity index (χ2v) is 14.4. The van der Waals surface area contributed by atoms with Crippen molar-refractivity contribution in [1.82, 2.24) is 0 Å². The Morgan fingerprint density at radius 3 is 2.32 bits per heavy atom. The summed E-state index contributed by atoms with van der Waals surface area (Å²) in [5.41, 5.74) is 0. The second kappa shape index (κ2) is 20.0. The summed E-state index contributed by atoms with van der Waals surface area (Å²) in [6.45, 7) is 13.3. The minimum Gasteiger partial charge on any atom is -0.481 e. The minimum absolute atomic E-state index is 0.0254. The van der Waals surface area contributed by atoms with Crippen LogP contribution in [0, 0.1) is 35.5 Å². The van der Waals surface area contributed by atoms with Crippen molar-refractivity contribution in [3.63, 3.8) is 0 Å². The van der Waals surface area contributed by atoms with E-state index in [2.05, 4.69) is 27.7 Å². The van der Waals surface area contributed by atoms with Crippen LogP contribution in [0.3, 0.4) is 0 Å². The molecule has 2 fully saturated rings. The van der Waals surface area contributed by atoms with Crippen molar-refractivity contribution in [2.45, 2.75) is 162 Å². The first-order chi connectivity index (χ1) is 20.8. The Bertz CT molecular complexity index is 855. The molecule has 8 heteroatoms. The van der Waals surface area contributed by atoms with Crippen LogP contribution < -0.4 is 0 Å². The molecule has 2 aliphatic rings. The molecule has 0 aromatic rings. The van der Waals surface area contributed by atoms with E-state index in [-0.39, 0.29) is 54.3 Å². The molecule has 2 saturated heterocycles. The molecular weight excluding hydrogens is 560 g/mol. The summed E-state index contributed by atoms with van der Waals surface area (Å²) >= 11 is 0. The van der Waals surface area contributed by atoms with E-state index in [1.165, 1.54) is 0 Å². The maximum Gasteiger partial charge on any atom is 0.305 e. The van der Waals surface area contributed by atoms with E-state index in [1.807, 2.05) is 19.9 Å². The Hall–Kier alpha value is -1.32. The number of carbonyl (C=O) groups is 2. The lowest BCUT2D eigenvalue weighted by atomic mass is 9.77. The second-order valence-electron chi connectivity index (χ2n) is 14.4. The van der Waals surface area contributed by atoms with Crippen molar-refractivity contribution >= 4 is 11.8 Å². The van der Waals surface area contributed by atoms with Crippen molar-refractivity contribution in [2.75, 3.05) is 6.61 Å². The van der Waals surface area contributed by atoms with Gasteiger partial charge in [-0.2, -0.15) is 0 Å². The molecule has 44 heavy (non-hydrogen) atoms. The zero-order chi connectivity index (χ0) is 32.8. The van der Waals surface area contributed by atoms with Gasteiger partial charge in [0.1, 0.15) is 5.78 Å². The van der Waals surface area contributed by atoms with Crippen molar-refractivity contribution in [1.29, 1.82) is 0 Å². The molecule has 256 valence electrons. The third-order valence-corrected chi connectivity index (χ3v) is 10.1. The molecule has 2 aliphatic heterocycles. The molecule has 0 radical (unpaired) electrons. The van der Waals surface area contributed by atoms with Crippen LogP contribution in [0.15, 0.2) is 12.2 Å². The van der Waals surface area contributed by atoms with Crippen LogP contribution in [-0.4, -0.2) is 75.4 Å². The summed E-state index contributed by atoms with van der Waals surface area (Å²) in [6.07, 6.45) is 10.8. The lowest BCUT2D eigenvalue weighted by Gasteiger charge is -2.38. The number of aliphatic hydroxyl groups excluding tert-OH is 3. The first-order valence-corrected chi connectivity index (χ1v) is 17.6. The summed E-state index contributed by atoms with van der Waals surface area (Å²) in [5, 5.41) is 40.6. The monoisotopic (exact) mass is 624 g/mol. The highest BCUT2D eigenvalue weighted by Gasteiger charge is 2.35. The van der Waals surface area contributed by atoms with Gasteiger partial charge in [0.15, 0.2) is 0 Å². The number of ether oxygens (including phenoxy) is 2. The van der Waals surface area contributed by atoms with E-state index in [1.54, 1.807) is 6.08 Å². The van der Waals surface area contributed by atoms with Crippen LogP contribution in [0.1, 0.15) is 125 Å². The zero-order valence-corrected chi connectivity index (χ0v) is 28.4. The van der Waals surface area contributed by atoms with Crippen molar-refractivity contribution < 1.29 is 39.5 Å². The van der Waals surface area contributed by atoms with Crippen LogP contribution in [0.5, 0.6) is 0 Å². The van der Waals surface area contributed by atoms with Gasteiger partial charge in [0.05, 0.1) is 43.0 Å². The number of aliphatic hydroxyl groups is 3. The smallest absolute Gasteiger partial charge is 0.305 e. The normalized spacial score (nSPS) is 28.5. The van der Waals surface area contributed by atoms with Crippen molar-refractivity contribution in [3.8, 4) is 0 Å². The molecule has 12 atom stereocenters. The number of carboxylic acid groups (broad SMARTS) is 1. The number of carbonyl (C=O) groups excluding carboxylic acids is 1. The van der Waals surface area contributed by atoms with Gasteiger partial charge in [-0.3, -0.25) is 9.59 Å². The average Bonchev–Trinajstić information content (AvgIpc) is 2.99. The van der Waals surface area contributed by atoms with E-state index in [0.717, 1.165) is 57.8 Å². The van der Waals surface area contributed by atoms with E-state index >= 15 is 0 Å². The van der Waals surface area contributed by atoms with Crippen LogP contribution in [-0.2, 0) is 19.1 Å². The fourth-order valence-electron chi connectivity index (χ4n) is 7.43. The topological polar surface area (TPSA) is 134 Å². The Labute approximate surface area is 267 Å². The SMILES string of the molecule is CCC(CC(C)CC(C)C(O)/C=C\CC(O)CCC(O)C1CCCCO1)C(=O)C(C)C[C@H](C)C1OC(CC(=O)O)CC[C@@H]1C. The molecule has 2 heterocycles. The maximum absolute atomic E-state index is 13.5. The lowest BCUT2D eigenvalue weighted by molar-refractivity contribution is -0.149. The van der Waals surface area contributed by atoms with E-state index in [9.17, 15) is 30.0 Å². The van der Waals surface area contributed by atoms with Gasteiger partial charge in [0.2, 0.25) is 0 Å². The molecule has 0 amide bonds. The number of hydrogen-bond acceptors (Lipinski definition) is 7. The van der Waals surface area contributed by atoms with Gasteiger partial charge in [-0.25, -0.2) is 0 Å². The largest absolute Gasteiger partial charge is 0.481 e. The molecule has 0 aliphatic carbocycles. The Morgan fingerprint density at radius 1 is 0.955 bits per heavy atom. The highest BCUT2D eigenvalue weighted by Crippen LogP contribution is 2.35. The third-order valence-electron chi connectivity index (χ3n) is 10.1. The van der Waals surface area contributed by atoms with Gasteiger partial charge in [0, 0.05) is 18.4 Å². The molecule has 2 rings (SSSR count). The summed E-state index contributed by atoms with van der Waals surface area (Å²) in [6, 6.07) is 0. The summed E-state index contributed by atoms with van der Waals surface area (Å²) in [4.78, 5) is 24.7. The van der Waals surface area contributed by atoms with Crippen LogP contribution in [0.2, 0.25) is 0 Å². The van der Waals surface area contributed by atoms with Gasteiger partial charge >= 0.3 is 5.97 Å². The molecule has 0 saturated carbocycles. The van der Waals surface area contributed by atoms with Crippen LogP contribution >= 0.6 is 0 Å². The van der Waals surface area contributed by atoms with Crippen LogP contribution in [0.4, 0.5) is 0 Å². The number of carboxylic acids is 1. The lowest BCUT2D eigenvalue weighted by Crippen LogP contribution is -2.40. The minimum atomic E-state index is -0.830. The molecule has 0 bridgehead atoms. The molecular formula is C36H64O8. The maximum atomic E-state index is 13.5. The fourth-order valence-corrected chi connectivity index (χ4v) is 7.43. The number of hydrogen-bond donors (Lipinski definition) is 4. The zero-order valence-electron chi connectivity index (χ0n) is 28.4. The standard InChI is InChI=1S/C36H64O8/c1-7-28(35(42)26(5)21-27(6)36-24(3)14-16-30(44-36)22-34(40)41)20-23(2)19-25(4)31(38)12-10-11-29(37)15-17-32(39)33-13-8-9-18-43-33/h10,12,23-33,36-39H,7-9,11,13-22H2,1-6H3,(H,40,41)/b12-10-/t23?,24-,25?,26?,27-,28?,29?,30?,31?,32?,33?,36?/m0/s1. The van der Waals surface area contributed by atoms with E-state index in [4.69, 9.17) is 9.47 Å². The van der Waals surface area contributed by atoms with Gasteiger partial charge in [-0.05, 0) is 101 Å². The highest BCUT2D eigenvalue weighted by molar-refractivity contribution is 5.83. The summed E-state index contributed by atoms with van der Waals surface area (Å²) in [7, 11) is 0.